The molecule has 1 aromatic carbocycles. The fourth-order valence-corrected chi connectivity index (χ4v) is 2.52. The van der Waals surface area contributed by atoms with Crippen LogP contribution in [0.1, 0.15) is 5.56 Å². The third-order valence-electron chi connectivity index (χ3n) is 2.00. The van der Waals surface area contributed by atoms with Crippen LogP contribution in [0.4, 0.5) is 0 Å². The van der Waals surface area contributed by atoms with Crippen LogP contribution in [0.25, 0.3) is 0 Å². The highest BCUT2D eigenvalue weighted by Gasteiger charge is 2.13. The largest absolute Gasteiger partial charge is 0.384 e. The maximum absolute atomic E-state index is 11.5. The molecular weight excluding hydrogens is 236 g/mol. The van der Waals surface area contributed by atoms with E-state index in [1.165, 1.54) is 12.3 Å². The zero-order chi connectivity index (χ0) is 11.5. The number of rotatable bonds is 4. The molecule has 5 heteroatoms. The molecule has 0 heterocycles. The second kappa shape index (κ2) is 4.96. The average Bonchev–Trinajstić information content (AvgIpc) is 2.14. The van der Waals surface area contributed by atoms with E-state index in [2.05, 4.69) is 0 Å². The highest BCUT2D eigenvalue weighted by atomic mass is 35.5. The van der Waals surface area contributed by atoms with Crippen LogP contribution in [0, 0.1) is 0 Å². The molecule has 0 unspecified atom stereocenters. The number of hydrogen-bond acceptors (Lipinski definition) is 3. The van der Waals surface area contributed by atoms with Gasteiger partial charge in [-0.2, -0.15) is 0 Å². The molecule has 0 radical (unpaired) electrons. The topological polar surface area (TPSA) is 43.4 Å². The maximum Gasteiger partial charge on any atom is 0.175 e. The Labute approximate surface area is 94.9 Å². The van der Waals surface area contributed by atoms with Gasteiger partial charge in [-0.3, -0.25) is 0 Å². The van der Waals surface area contributed by atoms with E-state index in [1.54, 1.807) is 19.2 Å². The van der Waals surface area contributed by atoms with E-state index in [4.69, 9.17) is 16.3 Å². The summed E-state index contributed by atoms with van der Waals surface area (Å²) >= 11 is 5.76. The number of sulfone groups is 1. The lowest BCUT2D eigenvalue weighted by molar-refractivity contribution is 0.202. The Balaban J connectivity index is 3.15. The molecule has 0 saturated heterocycles. The first-order valence-electron chi connectivity index (χ1n) is 4.42. The van der Waals surface area contributed by atoms with Crippen LogP contribution in [-0.2, 0) is 21.0 Å². The smallest absolute Gasteiger partial charge is 0.175 e. The van der Waals surface area contributed by atoms with Crippen LogP contribution in [0.3, 0.4) is 0 Å². The van der Waals surface area contributed by atoms with Crippen molar-refractivity contribution in [2.75, 3.05) is 20.0 Å². The average molecular weight is 249 g/mol. The van der Waals surface area contributed by atoms with Gasteiger partial charge in [0, 0.05) is 18.4 Å². The molecule has 1 aromatic rings. The van der Waals surface area contributed by atoms with Crippen molar-refractivity contribution in [2.45, 2.75) is 11.3 Å². The van der Waals surface area contributed by atoms with E-state index in [0.717, 1.165) is 5.56 Å². The Morgan fingerprint density at radius 3 is 2.60 bits per heavy atom. The Morgan fingerprint density at radius 1 is 1.40 bits per heavy atom. The van der Waals surface area contributed by atoms with E-state index in [1.807, 2.05) is 0 Å². The summed E-state index contributed by atoms with van der Waals surface area (Å²) in [5.41, 5.74) is 0.740. The summed E-state index contributed by atoms with van der Waals surface area (Å²) in [5, 5.41) is 0.427. The predicted molar refractivity (Wildman–Crippen MR) is 60.1 cm³/mol. The van der Waals surface area contributed by atoms with Gasteiger partial charge in [-0.25, -0.2) is 8.42 Å². The molecule has 0 aromatic heterocycles. The van der Waals surface area contributed by atoms with Crippen LogP contribution >= 0.6 is 11.6 Å². The Kier molecular flexibility index (Phi) is 4.13. The number of ether oxygens (including phenoxy) is 1. The first-order valence-corrected chi connectivity index (χ1v) is 6.69. The first-order chi connectivity index (χ1) is 6.95. The summed E-state index contributed by atoms with van der Waals surface area (Å²) in [6, 6.07) is 4.88. The molecule has 0 saturated carbocycles. The van der Waals surface area contributed by atoms with Gasteiger partial charge in [-0.15, -0.1) is 0 Å². The van der Waals surface area contributed by atoms with Gasteiger partial charge in [0.1, 0.15) is 0 Å². The van der Waals surface area contributed by atoms with Crippen molar-refractivity contribution in [1.82, 2.24) is 0 Å². The van der Waals surface area contributed by atoms with Crippen LogP contribution in [0.5, 0.6) is 0 Å². The summed E-state index contributed by atoms with van der Waals surface area (Å²) < 4.78 is 27.9. The van der Waals surface area contributed by atoms with Gasteiger partial charge >= 0.3 is 0 Å². The molecule has 0 N–H and O–H groups in total. The van der Waals surface area contributed by atoms with Crippen molar-refractivity contribution in [1.29, 1.82) is 0 Å². The van der Waals surface area contributed by atoms with E-state index in [0.29, 0.717) is 18.1 Å². The van der Waals surface area contributed by atoms with E-state index in [-0.39, 0.29) is 4.90 Å². The minimum Gasteiger partial charge on any atom is -0.384 e. The van der Waals surface area contributed by atoms with Gasteiger partial charge in [0.2, 0.25) is 0 Å². The summed E-state index contributed by atoms with van der Waals surface area (Å²) in [4.78, 5) is 0.284. The summed E-state index contributed by atoms with van der Waals surface area (Å²) in [6.45, 7) is 0.490. The molecule has 0 aliphatic carbocycles. The van der Waals surface area contributed by atoms with Crippen molar-refractivity contribution >= 4 is 21.4 Å². The minimum atomic E-state index is -3.23. The highest BCUT2D eigenvalue weighted by Crippen LogP contribution is 2.21. The third-order valence-corrected chi connectivity index (χ3v) is 3.42. The highest BCUT2D eigenvalue weighted by molar-refractivity contribution is 7.90. The molecule has 0 atom stereocenters. The molecule has 0 bridgehead atoms. The number of methoxy groups -OCH3 is 1. The van der Waals surface area contributed by atoms with Crippen molar-refractivity contribution < 1.29 is 13.2 Å². The first kappa shape index (κ1) is 12.5. The van der Waals surface area contributed by atoms with Gasteiger partial charge in [0.15, 0.2) is 9.84 Å². The van der Waals surface area contributed by atoms with E-state index in [9.17, 15) is 8.42 Å². The zero-order valence-electron chi connectivity index (χ0n) is 8.66. The van der Waals surface area contributed by atoms with Crippen molar-refractivity contribution in [2.24, 2.45) is 0 Å². The molecule has 0 spiro atoms. The molecule has 1 rings (SSSR count). The maximum atomic E-state index is 11.5. The Hall–Kier alpha value is -0.580. The van der Waals surface area contributed by atoms with E-state index >= 15 is 0 Å². The summed E-state index contributed by atoms with van der Waals surface area (Å²) in [5.74, 6) is 0. The lowest BCUT2D eigenvalue weighted by atomic mass is 10.2. The molecule has 3 nitrogen and oxygen atoms in total. The van der Waals surface area contributed by atoms with E-state index < -0.39 is 9.84 Å². The standard InChI is InChI=1S/C10H13ClO3S/c1-14-6-5-8-3-4-9(11)7-10(8)15(2,12)13/h3-4,7H,5-6H2,1-2H3. The van der Waals surface area contributed by atoms with Gasteiger partial charge in [-0.05, 0) is 24.1 Å². The second-order valence-electron chi connectivity index (χ2n) is 3.27. The van der Waals surface area contributed by atoms with Crippen molar-refractivity contribution in [3.05, 3.63) is 28.8 Å². The third kappa shape index (κ3) is 3.48. The SMILES string of the molecule is COCCc1ccc(Cl)cc1S(C)(=O)=O. The van der Waals surface area contributed by atoms with Crippen LogP contribution in [-0.4, -0.2) is 28.4 Å². The Bertz CT molecular complexity index is 440. The van der Waals surface area contributed by atoms with Gasteiger partial charge in [0.25, 0.3) is 0 Å². The normalized spacial score (nSPS) is 11.7. The number of halogens is 1. The van der Waals surface area contributed by atoms with Crippen molar-refractivity contribution in [3.8, 4) is 0 Å². The molecule has 0 aliphatic rings. The van der Waals surface area contributed by atoms with Gasteiger partial charge < -0.3 is 4.74 Å². The monoisotopic (exact) mass is 248 g/mol. The molecule has 15 heavy (non-hydrogen) atoms. The molecular formula is C10H13ClO3S. The zero-order valence-corrected chi connectivity index (χ0v) is 10.2. The molecule has 0 fully saturated rings. The number of hydrogen-bond donors (Lipinski definition) is 0. The van der Waals surface area contributed by atoms with Crippen LogP contribution in [0.15, 0.2) is 23.1 Å². The minimum absolute atomic E-state index is 0.284. The fraction of sp³-hybridized carbons (Fsp3) is 0.400. The quantitative estimate of drug-likeness (QED) is 0.818. The van der Waals surface area contributed by atoms with Crippen LogP contribution < -0.4 is 0 Å². The molecule has 0 aliphatic heterocycles. The molecule has 0 amide bonds. The summed E-state index contributed by atoms with van der Waals surface area (Å²) in [6.07, 6.45) is 1.74. The Morgan fingerprint density at radius 2 is 2.07 bits per heavy atom. The second-order valence-corrected chi connectivity index (χ2v) is 5.69. The lowest BCUT2D eigenvalue weighted by Gasteiger charge is -2.07. The molecule has 84 valence electrons. The van der Waals surface area contributed by atoms with Gasteiger partial charge in [0.05, 0.1) is 11.5 Å². The number of benzene rings is 1. The van der Waals surface area contributed by atoms with Gasteiger partial charge in [-0.1, -0.05) is 17.7 Å². The lowest BCUT2D eigenvalue weighted by Crippen LogP contribution is -2.05. The van der Waals surface area contributed by atoms with Crippen LogP contribution in [0.2, 0.25) is 5.02 Å². The predicted octanol–water partition coefficient (Wildman–Crippen LogP) is 1.93. The fourth-order valence-electron chi connectivity index (χ4n) is 1.29. The van der Waals surface area contributed by atoms with Crippen molar-refractivity contribution in [3.63, 3.8) is 0 Å². The summed E-state index contributed by atoms with van der Waals surface area (Å²) in [7, 11) is -1.65.